The van der Waals surface area contributed by atoms with E-state index in [1.165, 1.54) is 32.4 Å². The fourth-order valence-electron chi connectivity index (χ4n) is 5.01. The van der Waals surface area contributed by atoms with Crippen LogP contribution in [-0.2, 0) is 29.6 Å². The highest BCUT2D eigenvalue weighted by molar-refractivity contribution is 7.93. The molecule has 0 aromatic heterocycles. The molecule has 0 aliphatic carbocycles. The minimum atomic E-state index is -4.08. The number of ether oxygens (including phenoxy) is 4. The maximum Gasteiger partial charge on any atom is 0.264 e. The van der Waals surface area contributed by atoms with Gasteiger partial charge in [-0.25, -0.2) is 16.8 Å². The molecular weight excluding hydrogens is 673 g/mol. The van der Waals surface area contributed by atoms with E-state index in [-0.39, 0.29) is 22.1 Å². The number of methoxy groups -OCH3 is 1. The number of hydrogen-bond donors (Lipinski definition) is 2. The Morgan fingerprint density at radius 3 is 2.04 bits per heavy atom. The molecule has 0 radical (unpaired) electrons. The summed E-state index contributed by atoms with van der Waals surface area (Å²) in [5.74, 6) is 0.970. The molecule has 0 spiro atoms. The number of benzene rings is 4. The molecule has 0 saturated carbocycles. The van der Waals surface area contributed by atoms with E-state index in [0.29, 0.717) is 67.2 Å². The smallest absolute Gasteiger partial charge is 0.264 e. The Hall–Kier alpha value is -4.99. The zero-order valence-corrected chi connectivity index (χ0v) is 28.9. The summed E-state index contributed by atoms with van der Waals surface area (Å²) < 4.78 is 78.9. The molecule has 1 aliphatic rings. The van der Waals surface area contributed by atoms with Crippen LogP contribution in [0.25, 0.3) is 0 Å². The van der Waals surface area contributed by atoms with Crippen LogP contribution >= 0.6 is 0 Å². The minimum absolute atomic E-state index is 0.0103. The summed E-state index contributed by atoms with van der Waals surface area (Å²) in [5, 5.41) is 2.70. The van der Waals surface area contributed by atoms with Crippen molar-refractivity contribution in [1.29, 1.82) is 0 Å². The lowest BCUT2D eigenvalue weighted by Gasteiger charge is -2.30. The fourth-order valence-corrected chi connectivity index (χ4v) is 7.52. The summed E-state index contributed by atoms with van der Waals surface area (Å²) in [7, 11) is -4.94. The van der Waals surface area contributed by atoms with Gasteiger partial charge in [0.2, 0.25) is 0 Å². The number of carbonyl (C=O) groups excluding carboxylic acids is 1. The van der Waals surface area contributed by atoms with Crippen LogP contribution in [0.3, 0.4) is 0 Å². The molecule has 4 aromatic carbocycles. The molecule has 13 nitrogen and oxygen atoms in total. The van der Waals surface area contributed by atoms with E-state index in [1.54, 1.807) is 72.8 Å². The predicted octanol–water partition coefficient (Wildman–Crippen LogP) is 4.57. The monoisotopic (exact) mass is 710 g/mol. The molecule has 2 N–H and O–H groups in total. The van der Waals surface area contributed by atoms with E-state index in [1.807, 2.05) is 11.8 Å². The third kappa shape index (κ3) is 8.73. The standard InChI is InChI=1S/C34H38N4O9S2/c1-4-46-29-14-16-31(17-15-29)49(42,43)37(2)27-8-12-30(13-9-27)47-24-34(39)35-26-7-18-32(38-19-21-45-22-20-38)33(23-26)48(40,41)36-25-5-10-28(44-3)11-6-25/h5-18,23,36H,4,19-22,24H2,1-3H3,(H,35,39). The number of nitrogens with zero attached hydrogens (tertiary/aromatic N) is 2. The summed E-state index contributed by atoms with van der Waals surface area (Å²) in [4.78, 5) is 14.9. The summed E-state index contributed by atoms with van der Waals surface area (Å²) in [6, 6.07) is 23.6. The maximum absolute atomic E-state index is 13.6. The number of anilines is 4. The third-order valence-corrected chi connectivity index (χ3v) is 10.8. The molecule has 0 atom stereocenters. The van der Waals surface area contributed by atoms with Crippen LogP contribution in [0.15, 0.2) is 101 Å². The number of carbonyl (C=O) groups is 1. The van der Waals surface area contributed by atoms with E-state index in [9.17, 15) is 21.6 Å². The van der Waals surface area contributed by atoms with Crippen LogP contribution in [0.2, 0.25) is 0 Å². The molecule has 5 rings (SSSR count). The summed E-state index contributed by atoms with van der Waals surface area (Å²) >= 11 is 0. The number of amides is 1. The van der Waals surface area contributed by atoms with Gasteiger partial charge in [0.25, 0.3) is 26.0 Å². The van der Waals surface area contributed by atoms with Crippen LogP contribution in [0.5, 0.6) is 17.2 Å². The zero-order valence-electron chi connectivity index (χ0n) is 27.3. The van der Waals surface area contributed by atoms with Crippen LogP contribution in [0, 0.1) is 0 Å². The summed E-state index contributed by atoms with van der Waals surface area (Å²) in [5.41, 5.74) is 1.48. The highest BCUT2D eigenvalue weighted by Gasteiger charge is 2.25. The highest BCUT2D eigenvalue weighted by Crippen LogP contribution is 2.31. The molecule has 1 heterocycles. The van der Waals surface area contributed by atoms with Crippen LogP contribution in [0.4, 0.5) is 22.7 Å². The number of morpholine rings is 1. The van der Waals surface area contributed by atoms with Gasteiger partial charge in [-0.2, -0.15) is 0 Å². The van der Waals surface area contributed by atoms with E-state index in [4.69, 9.17) is 18.9 Å². The Balaban J connectivity index is 1.25. The molecule has 1 saturated heterocycles. The first-order valence-corrected chi connectivity index (χ1v) is 18.3. The van der Waals surface area contributed by atoms with Crippen molar-refractivity contribution in [3.63, 3.8) is 0 Å². The first-order chi connectivity index (χ1) is 23.5. The van der Waals surface area contributed by atoms with E-state index in [0.717, 1.165) is 4.31 Å². The van der Waals surface area contributed by atoms with Crippen LogP contribution in [0.1, 0.15) is 6.92 Å². The van der Waals surface area contributed by atoms with Gasteiger partial charge >= 0.3 is 0 Å². The molecule has 1 amide bonds. The van der Waals surface area contributed by atoms with E-state index in [2.05, 4.69) is 10.0 Å². The Labute approximate surface area is 286 Å². The van der Waals surface area contributed by atoms with Crippen molar-refractivity contribution in [2.24, 2.45) is 0 Å². The lowest BCUT2D eigenvalue weighted by Crippen LogP contribution is -2.37. The lowest BCUT2D eigenvalue weighted by molar-refractivity contribution is -0.118. The first-order valence-electron chi connectivity index (χ1n) is 15.4. The fraction of sp³-hybridized carbons (Fsp3) is 0.265. The van der Waals surface area contributed by atoms with Gasteiger partial charge in [-0.3, -0.25) is 13.8 Å². The molecule has 4 aromatic rings. The molecule has 49 heavy (non-hydrogen) atoms. The quantitative estimate of drug-likeness (QED) is 0.190. The topological polar surface area (TPSA) is 153 Å². The van der Waals surface area contributed by atoms with Crippen molar-refractivity contribution in [1.82, 2.24) is 0 Å². The van der Waals surface area contributed by atoms with Gasteiger partial charge in [-0.05, 0) is 97.9 Å². The lowest BCUT2D eigenvalue weighted by atomic mass is 10.2. The predicted molar refractivity (Wildman–Crippen MR) is 187 cm³/mol. The van der Waals surface area contributed by atoms with Crippen molar-refractivity contribution < 1.29 is 40.6 Å². The van der Waals surface area contributed by atoms with E-state index < -0.39 is 26.0 Å². The second-order valence-corrected chi connectivity index (χ2v) is 14.4. The number of rotatable bonds is 14. The van der Waals surface area contributed by atoms with Crippen molar-refractivity contribution >= 4 is 48.7 Å². The number of hydrogen-bond acceptors (Lipinski definition) is 10. The molecule has 15 heteroatoms. The van der Waals surface area contributed by atoms with Crippen molar-refractivity contribution in [3.05, 3.63) is 91.0 Å². The van der Waals surface area contributed by atoms with Crippen LogP contribution < -0.4 is 33.5 Å². The van der Waals surface area contributed by atoms with Gasteiger partial charge in [0.05, 0.1) is 43.2 Å². The minimum Gasteiger partial charge on any atom is -0.497 e. The second-order valence-electron chi connectivity index (χ2n) is 10.8. The Kier molecular flexibility index (Phi) is 11.2. The largest absolute Gasteiger partial charge is 0.497 e. The van der Waals surface area contributed by atoms with Gasteiger partial charge in [0.15, 0.2) is 6.61 Å². The SMILES string of the molecule is CCOc1ccc(S(=O)(=O)N(C)c2ccc(OCC(=O)Nc3ccc(N4CCOCC4)c(S(=O)(=O)Nc4ccc(OC)cc4)c3)cc2)cc1. The van der Waals surface area contributed by atoms with Gasteiger partial charge in [0, 0.05) is 31.5 Å². The molecule has 1 aliphatic heterocycles. The van der Waals surface area contributed by atoms with Crippen molar-refractivity contribution in [2.75, 3.05) is 72.9 Å². The van der Waals surface area contributed by atoms with Crippen molar-refractivity contribution in [3.8, 4) is 17.2 Å². The van der Waals surface area contributed by atoms with Gasteiger partial charge in [0.1, 0.15) is 22.1 Å². The van der Waals surface area contributed by atoms with Crippen LogP contribution in [-0.4, -0.2) is 76.4 Å². The number of sulfonamides is 2. The summed E-state index contributed by atoms with van der Waals surface area (Å²) in [6.07, 6.45) is 0. The highest BCUT2D eigenvalue weighted by atomic mass is 32.2. The molecule has 1 fully saturated rings. The third-order valence-electron chi connectivity index (χ3n) is 7.59. The Morgan fingerprint density at radius 1 is 0.816 bits per heavy atom. The van der Waals surface area contributed by atoms with Gasteiger partial charge in [-0.15, -0.1) is 0 Å². The van der Waals surface area contributed by atoms with Gasteiger partial charge in [-0.1, -0.05) is 0 Å². The van der Waals surface area contributed by atoms with Gasteiger partial charge < -0.3 is 29.2 Å². The normalized spacial score (nSPS) is 13.3. The van der Waals surface area contributed by atoms with Crippen molar-refractivity contribution in [2.45, 2.75) is 16.7 Å². The summed E-state index contributed by atoms with van der Waals surface area (Å²) in [6.45, 7) is 3.86. The number of nitrogens with one attached hydrogen (secondary N) is 2. The average molecular weight is 711 g/mol. The van der Waals surface area contributed by atoms with E-state index >= 15 is 0 Å². The second kappa shape index (κ2) is 15.5. The Bertz CT molecular complexity index is 1950. The average Bonchev–Trinajstić information content (AvgIpc) is 3.11. The first kappa shape index (κ1) is 35.3. The molecule has 0 unspecified atom stereocenters. The molecule has 0 bridgehead atoms. The zero-order chi connectivity index (χ0) is 35.0. The maximum atomic E-state index is 13.6. The molecule has 260 valence electrons. The Morgan fingerprint density at radius 2 is 1.41 bits per heavy atom. The molecular formula is C34H38N4O9S2.